The topological polar surface area (TPSA) is 64.2 Å². The Morgan fingerprint density at radius 3 is 2.91 bits per heavy atom. The van der Waals surface area contributed by atoms with Crippen molar-refractivity contribution in [2.75, 3.05) is 13.7 Å². The molecule has 0 radical (unpaired) electrons. The van der Waals surface area contributed by atoms with Crippen molar-refractivity contribution in [2.24, 2.45) is 5.92 Å². The number of ether oxygens (including phenoxy) is 2. The van der Waals surface area contributed by atoms with E-state index in [0.29, 0.717) is 18.4 Å². The summed E-state index contributed by atoms with van der Waals surface area (Å²) in [6, 6.07) is 10.6. The SMILES string of the molecule is COC[C@@H]1CC[C@H](c2ncc(-c3ccc4c(c3)COc3cc5c(cc3-4)CCC(Br)C5=O)[nH]2)C1. The number of benzene rings is 2. The number of nitrogens with zero attached hydrogens (tertiary/aromatic N) is 1. The minimum atomic E-state index is -0.0872. The fraction of sp³-hybridized carbons (Fsp3) is 0.407. The Balaban J connectivity index is 1.28. The molecule has 33 heavy (non-hydrogen) atoms. The van der Waals surface area contributed by atoms with E-state index in [1.165, 1.54) is 18.4 Å². The molecule has 1 fully saturated rings. The van der Waals surface area contributed by atoms with Gasteiger partial charge in [0.25, 0.3) is 0 Å². The molecule has 0 bridgehead atoms. The van der Waals surface area contributed by atoms with Crippen molar-refractivity contribution in [3.63, 3.8) is 0 Å². The third-order valence-electron chi connectivity index (χ3n) is 7.44. The summed E-state index contributed by atoms with van der Waals surface area (Å²) in [7, 11) is 1.78. The van der Waals surface area contributed by atoms with Crippen LogP contribution in [0.3, 0.4) is 0 Å². The van der Waals surface area contributed by atoms with Gasteiger partial charge >= 0.3 is 0 Å². The molecule has 6 rings (SSSR count). The van der Waals surface area contributed by atoms with Gasteiger partial charge in [-0.1, -0.05) is 28.1 Å². The number of Topliss-reactive ketones (excluding diaryl/α,β-unsaturated/α-hetero) is 1. The van der Waals surface area contributed by atoms with E-state index < -0.39 is 0 Å². The molecule has 2 aliphatic carbocycles. The second kappa shape index (κ2) is 8.41. The monoisotopic (exact) mass is 506 g/mol. The predicted octanol–water partition coefficient (Wildman–Crippen LogP) is 6.06. The highest BCUT2D eigenvalue weighted by Crippen LogP contribution is 2.43. The van der Waals surface area contributed by atoms with Crippen LogP contribution >= 0.6 is 15.9 Å². The van der Waals surface area contributed by atoms with Gasteiger partial charge < -0.3 is 14.5 Å². The molecule has 1 N–H and O–H groups in total. The maximum atomic E-state index is 12.6. The van der Waals surface area contributed by atoms with E-state index in [9.17, 15) is 4.79 Å². The van der Waals surface area contributed by atoms with Crippen LogP contribution in [0.1, 0.15) is 58.9 Å². The predicted molar refractivity (Wildman–Crippen MR) is 131 cm³/mol. The molecule has 6 heteroatoms. The zero-order valence-corrected chi connectivity index (χ0v) is 20.3. The number of halogens is 1. The highest BCUT2D eigenvalue weighted by molar-refractivity contribution is 9.10. The highest BCUT2D eigenvalue weighted by atomic mass is 79.9. The third kappa shape index (κ3) is 3.73. The lowest BCUT2D eigenvalue weighted by Crippen LogP contribution is -2.23. The fourth-order valence-electron chi connectivity index (χ4n) is 5.67. The van der Waals surface area contributed by atoms with Gasteiger partial charge in [-0.05, 0) is 78.5 Å². The Morgan fingerprint density at radius 2 is 2.03 bits per heavy atom. The largest absolute Gasteiger partial charge is 0.488 e. The molecule has 1 aromatic heterocycles. The molecule has 170 valence electrons. The summed E-state index contributed by atoms with van der Waals surface area (Å²) in [4.78, 5) is 20.8. The van der Waals surface area contributed by atoms with Crippen LogP contribution in [0.25, 0.3) is 22.4 Å². The number of carbonyl (C=O) groups excluding carboxylic acids is 1. The normalized spacial score (nSPS) is 23.6. The Kier molecular flexibility index (Phi) is 5.38. The average molecular weight is 507 g/mol. The van der Waals surface area contributed by atoms with Gasteiger partial charge in [0.1, 0.15) is 18.2 Å². The van der Waals surface area contributed by atoms with Crippen LogP contribution in [-0.4, -0.2) is 34.3 Å². The lowest BCUT2D eigenvalue weighted by Gasteiger charge is -2.26. The van der Waals surface area contributed by atoms with Crippen molar-refractivity contribution in [2.45, 2.75) is 49.5 Å². The molecule has 1 unspecified atom stereocenters. The molecule has 0 spiro atoms. The van der Waals surface area contributed by atoms with Gasteiger partial charge in [0.05, 0.1) is 16.7 Å². The smallest absolute Gasteiger partial charge is 0.176 e. The molecule has 2 heterocycles. The standard InChI is InChI=1S/C27H27BrN2O3/c1-32-13-15-2-3-18(8-15)27-29-12-24(30-27)17-4-6-20-19(9-17)14-33-25-11-21-16(10-22(20)25)5-7-23(28)26(21)31/h4,6,9-12,15,18,23H,2-3,5,7-8,13-14H2,1H3,(H,29,30)/t15-,18+,23?/m1/s1. The maximum Gasteiger partial charge on any atom is 0.176 e. The first-order valence-electron chi connectivity index (χ1n) is 11.8. The van der Waals surface area contributed by atoms with Crippen LogP contribution in [0, 0.1) is 5.92 Å². The van der Waals surface area contributed by atoms with E-state index >= 15 is 0 Å². The van der Waals surface area contributed by atoms with Crippen molar-refractivity contribution in [1.82, 2.24) is 9.97 Å². The molecule has 5 nitrogen and oxygen atoms in total. The van der Waals surface area contributed by atoms with Crippen LogP contribution in [0.5, 0.6) is 5.75 Å². The van der Waals surface area contributed by atoms with Gasteiger partial charge in [0.2, 0.25) is 0 Å². The van der Waals surface area contributed by atoms with Crippen molar-refractivity contribution in [1.29, 1.82) is 0 Å². The molecular weight excluding hydrogens is 480 g/mol. The Morgan fingerprint density at radius 1 is 1.12 bits per heavy atom. The Labute approximate surface area is 202 Å². The molecule has 3 atom stereocenters. The number of alkyl halides is 1. The van der Waals surface area contributed by atoms with Crippen LogP contribution in [-0.2, 0) is 17.8 Å². The van der Waals surface area contributed by atoms with Crippen molar-refractivity contribution in [3.8, 4) is 28.1 Å². The van der Waals surface area contributed by atoms with Gasteiger partial charge in [-0.3, -0.25) is 4.79 Å². The van der Waals surface area contributed by atoms with E-state index in [1.807, 2.05) is 12.3 Å². The summed E-state index contributed by atoms with van der Waals surface area (Å²) in [5.74, 6) is 3.18. The summed E-state index contributed by atoms with van der Waals surface area (Å²) in [5.41, 5.74) is 7.53. The third-order valence-corrected chi connectivity index (χ3v) is 8.31. The lowest BCUT2D eigenvalue weighted by atomic mass is 9.85. The number of hydrogen-bond acceptors (Lipinski definition) is 4. The molecule has 2 aromatic carbocycles. The number of carbonyl (C=O) groups is 1. The second-order valence-corrected chi connectivity index (χ2v) is 10.7. The van der Waals surface area contributed by atoms with E-state index in [2.05, 4.69) is 45.2 Å². The number of H-pyrrole nitrogens is 1. The molecule has 3 aromatic rings. The van der Waals surface area contributed by atoms with Crippen molar-refractivity contribution >= 4 is 21.7 Å². The number of ketones is 1. The molecular formula is C27H27BrN2O3. The Bertz CT molecular complexity index is 1230. The quantitative estimate of drug-likeness (QED) is 0.436. The molecule has 1 saturated carbocycles. The highest BCUT2D eigenvalue weighted by Gasteiger charge is 2.30. The van der Waals surface area contributed by atoms with E-state index in [0.717, 1.165) is 71.0 Å². The lowest BCUT2D eigenvalue weighted by molar-refractivity contribution is 0.0981. The zero-order chi connectivity index (χ0) is 22.5. The van der Waals surface area contributed by atoms with E-state index in [1.54, 1.807) is 7.11 Å². The van der Waals surface area contributed by atoms with Crippen LogP contribution in [0.15, 0.2) is 36.5 Å². The number of aromatic amines is 1. The molecule has 3 aliphatic rings. The van der Waals surface area contributed by atoms with Crippen LogP contribution < -0.4 is 4.74 Å². The summed E-state index contributed by atoms with van der Waals surface area (Å²) in [6.07, 6.45) is 7.21. The molecule has 0 amide bonds. The van der Waals surface area contributed by atoms with Crippen LogP contribution in [0.2, 0.25) is 0 Å². The fourth-order valence-corrected chi connectivity index (χ4v) is 6.15. The number of methoxy groups -OCH3 is 1. The number of imidazole rings is 1. The number of nitrogens with one attached hydrogen (secondary N) is 1. The number of fused-ring (bicyclic) bond motifs is 4. The van der Waals surface area contributed by atoms with Gasteiger partial charge in [0.15, 0.2) is 5.78 Å². The summed E-state index contributed by atoms with van der Waals surface area (Å²) < 4.78 is 11.4. The summed E-state index contributed by atoms with van der Waals surface area (Å²) >= 11 is 3.50. The van der Waals surface area contributed by atoms with E-state index in [4.69, 9.17) is 14.5 Å². The van der Waals surface area contributed by atoms with E-state index in [-0.39, 0.29) is 10.6 Å². The average Bonchev–Trinajstić information content (AvgIpc) is 3.50. The summed E-state index contributed by atoms with van der Waals surface area (Å²) in [6.45, 7) is 1.34. The molecule has 1 aliphatic heterocycles. The van der Waals surface area contributed by atoms with Gasteiger partial charge in [-0.2, -0.15) is 0 Å². The maximum absolute atomic E-state index is 12.6. The van der Waals surface area contributed by atoms with Gasteiger partial charge in [0, 0.05) is 30.8 Å². The first kappa shape index (κ1) is 21.1. The number of aromatic nitrogens is 2. The molecule has 0 saturated heterocycles. The first-order valence-corrected chi connectivity index (χ1v) is 12.7. The Hall–Kier alpha value is -2.44. The van der Waals surface area contributed by atoms with Crippen LogP contribution in [0.4, 0.5) is 0 Å². The number of hydrogen-bond donors (Lipinski definition) is 1. The minimum Gasteiger partial charge on any atom is -0.488 e. The number of rotatable bonds is 4. The van der Waals surface area contributed by atoms with Crippen molar-refractivity contribution in [3.05, 3.63) is 59.0 Å². The second-order valence-electron chi connectivity index (χ2n) is 9.55. The number of aryl methyl sites for hydroxylation is 1. The zero-order valence-electron chi connectivity index (χ0n) is 18.7. The van der Waals surface area contributed by atoms with Gasteiger partial charge in [-0.25, -0.2) is 4.98 Å². The first-order chi connectivity index (χ1) is 16.1. The minimum absolute atomic E-state index is 0.0872. The van der Waals surface area contributed by atoms with Crippen molar-refractivity contribution < 1.29 is 14.3 Å². The van der Waals surface area contributed by atoms with Gasteiger partial charge in [-0.15, -0.1) is 0 Å². The summed E-state index contributed by atoms with van der Waals surface area (Å²) in [5, 5.41) is 0.